The van der Waals surface area contributed by atoms with Crippen molar-refractivity contribution in [2.45, 2.75) is 0 Å². The minimum absolute atomic E-state index is 0.482. The van der Waals surface area contributed by atoms with Crippen molar-refractivity contribution in [3.05, 3.63) is 45.9 Å². The molecule has 2 rings (SSSR count). The Bertz CT molecular complexity index is 414. The van der Waals surface area contributed by atoms with E-state index in [4.69, 9.17) is 0 Å². The SMILES string of the molecule is Brc1ccc([Se][Se]c2ccc(Br)nc2)cn1. The van der Waals surface area contributed by atoms with Crippen LogP contribution in [0.4, 0.5) is 0 Å². The molecule has 0 saturated carbocycles. The topological polar surface area (TPSA) is 25.8 Å². The van der Waals surface area contributed by atoms with Crippen LogP contribution in [0.5, 0.6) is 0 Å². The Morgan fingerprint density at radius 2 is 1.19 bits per heavy atom. The zero-order chi connectivity index (χ0) is 11.4. The van der Waals surface area contributed by atoms with Gasteiger partial charge in [-0.1, -0.05) is 0 Å². The number of nitrogens with zero attached hydrogens (tertiary/aromatic N) is 2. The predicted molar refractivity (Wildman–Crippen MR) is 74.7 cm³/mol. The summed E-state index contributed by atoms with van der Waals surface area (Å²) >= 11 is 7.64. The van der Waals surface area contributed by atoms with Gasteiger partial charge in [0.15, 0.2) is 0 Å². The van der Waals surface area contributed by atoms with Gasteiger partial charge in [0, 0.05) is 0 Å². The van der Waals surface area contributed by atoms with Crippen LogP contribution in [0, 0.1) is 0 Å². The minimum atomic E-state index is 0.482. The molecule has 2 nitrogen and oxygen atoms in total. The second-order valence-corrected chi connectivity index (χ2v) is 10.7. The van der Waals surface area contributed by atoms with E-state index in [1.807, 2.05) is 24.5 Å². The van der Waals surface area contributed by atoms with Crippen molar-refractivity contribution in [3.8, 4) is 0 Å². The van der Waals surface area contributed by atoms with Crippen LogP contribution in [0.2, 0.25) is 0 Å². The first-order chi connectivity index (χ1) is 7.74. The molecule has 0 amide bonds. The van der Waals surface area contributed by atoms with Crippen molar-refractivity contribution in [1.29, 1.82) is 0 Å². The van der Waals surface area contributed by atoms with Crippen LogP contribution in [0.1, 0.15) is 0 Å². The molecule has 0 radical (unpaired) electrons. The third-order valence-electron chi connectivity index (χ3n) is 1.63. The van der Waals surface area contributed by atoms with Crippen molar-refractivity contribution in [3.63, 3.8) is 0 Å². The van der Waals surface area contributed by atoms with Gasteiger partial charge >= 0.3 is 123 Å². The van der Waals surface area contributed by atoms with Crippen molar-refractivity contribution in [2.24, 2.45) is 0 Å². The summed E-state index contributed by atoms with van der Waals surface area (Å²) in [6.45, 7) is 0. The van der Waals surface area contributed by atoms with Gasteiger partial charge in [-0.15, -0.1) is 0 Å². The van der Waals surface area contributed by atoms with Crippen LogP contribution in [-0.2, 0) is 0 Å². The Hall–Kier alpha value is 0.299. The maximum atomic E-state index is 4.22. The summed E-state index contributed by atoms with van der Waals surface area (Å²) in [4.78, 5) is 8.45. The molecule has 0 atom stereocenters. The van der Waals surface area contributed by atoms with Gasteiger partial charge in [-0.2, -0.15) is 0 Å². The predicted octanol–water partition coefficient (Wildman–Crippen LogP) is 1.28. The van der Waals surface area contributed by atoms with Crippen LogP contribution >= 0.6 is 31.9 Å². The Morgan fingerprint density at radius 3 is 1.50 bits per heavy atom. The molecule has 0 bridgehead atoms. The van der Waals surface area contributed by atoms with E-state index in [-0.39, 0.29) is 0 Å². The van der Waals surface area contributed by atoms with Crippen molar-refractivity contribution in [2.75, 3.05) is 0 Å². The Morgan fingerprint density at radius 1 is 0.750 bits per heavy atom. The molecule has 16 heavy (non-hydrogen) atoms. The van der Waals surface area contributed by atoms with Gasteiger partial charge in [-0.3, -0.25) is 0 Å². The quantitative estimate of drug-likeness (QED) is 0.498. The average molecular weight is 472 g/mol. The molecule has 0 aliphatic heterocycles. The fourth-order valence-electron chi connectivity index (χ4n) is 0.919. The molecule has 6 heteroatoms. The summed E-state index contributed by atoms with van der Waals surface area (Å²) in [5.41, 5.74) is 0. The third kappa shape index (κ3) is 3.95. The summed E-state index contributed by atoms with van der Waals surface area (Å²) in [5, 5.41) is 0. The number of hydrogen-bond donors (Lipinski definition) is 0. The number of pyridine rings is 2. The van der Waals surface area contributed by atoms with Gasteiger partial charge in [0.05, 0.1) is 0 Å². The molecule has 0 N–H and O–H groups in total. The van der Waals surface area contributed by atoms with E-state index in [2.05, 4.69) is 54.0 Å². The van der Waals surface area contributed by atoms with Gasteiger partial charge in [-0.25, -0.2) is 0 Å². The van der Waals surface area contributed by atoms with E-state index in [9.17, 15) is 0 Å². The summed E-state index contributed by atoms with van der Waals surface area (Å²) in [6.07, 6.45) is 3.89. The first kappa shape index (κ1) is 12.7. The monoisotopic (exact) mass is 472 g/mol. The molecule has 0 fully saturated rings. The van der Waals surface area contributed by atoms with E-state index in [0.29, 0.717) is 26.3 Å². The number of rotatable bonds is 3. The zero-order valence-corrected chi connectivity index (χ0v) is 14.5. The van der Waals surface area contributed by atoms with Crippen molar-refractivity contribution < 1.29 is 0 Å². The summed E-state index contributed by atoms with van der Waals surface area (Å²) in [7, 11) is 0. The molecular weight excluding hydrogens is 466 g/mol. The first-order valence-electron chi connectivity index (χ1n) is 4.32. The summed E-state index contributed by atoms with van der Waals surface area (Å²) in [6, 6.07) is 8.25. The molecule has 2 aromatic rings. The first-order valence-corrected chi connectivity index (χ1v) is 11.9. The average Bonchev–Trinajstić information content (AvgIpc) is 2.30. The molecule has 2 heterocycles. The molecule has 0 saturated heterocycles. The number of hydrogen-bond acceptors (Lipinski definition) is 2. The Balaban J connectivity index is 1.97. The molecular formula is C10H6Br2N2Se2. The number of aromatic nitrogens is 2. The van der Waals surface area contributed by atoms with E-state index in [1.165, 1.54) is 8.92 Å². The van der Waals surface area contributed by atoms with Gasteiger partial charge < -0.3 is 0 Å². The Kier molecular flexibility index (Phi) is 5.01. The molecule has 0 aliphatic carbocycles. The Labute approximate surface area is 122 Å². The number of halogens is 2. The van der Waals surface area contributed by atoms with Gasteiger partial charge in [0.1, 0.15) is 0 Å². The molecule has 2 aromatic heterocycles. The van der Waals surface area contributed by atoms with E-state index in [1.54, 1.807) is 0 Å². The van der Waals surface area contributed by atoms with Crippen LogP contribution in [-0.4, -0.2) is 36.2 Å². The van der Waals surface area contributed by atoms with Gasteiger partial charge in [0.25, 0.3) is 0 Å². The summed E-state index contributed by atoms with van der Waals surface area (Å²) in [5.74, 6) is 0. The van der Waals surface area contributed by atoms with Gasteiger partial charge in [0.2, 0.25) is 0 Å². The third-order valence-corrected chi connectivity index (χ3v) is 9.67. The molecule has 0 aliphatic rings. The fourth-order valence-corrected chi connectivity index (χ4v) is 6.96. The standard InChI is InChI=1S/C10H6Br2N2Se2/c11-9-3-1-7(5-13-9)15-16-8-2-4-10(12)14-6-8/h1-6H. The molecule has 0 spiro atoms. The van der Waals surface area contributed by atoms with E-state index in [0.717, 1.165) is 9.21 Å². The van der Waals surface area contributed by atoms with Crippen LogP contribution in [0.15, 0.2) is 45.9 Å². The zero-order valence-electron chi connectivity index (χ0n) is 7.93. The van der Waals surface area contributed by atoms with Crippen molar-refractivity contribution >= 4 is 67.0 Å². The molecule has 0 unspecified atom stereocenters. The van der Waals surface area contributed by atoms with E-state index < -0.39 is 0 Å². The molecule has 0 aromatic carbocycles. The van der Waals surface area contributed by atoms with Gasteiger partial charge in [-0.05, 0) is 0 Å². The van der Waals surface area contributed by atoms with Crippen molar-refractivity contribution in [1.82, 2.24) is 9.97 Å². The van der Waals surface area contributed by atoms with Crippen LogP contribution in [0.3, 0.4) is 0 Å². The normalized spacial score (nSPS) is 10.4. The van der Waals surface area contributed by atoms with E-state index >= 15 is 0 Å². The second kappa shape index (κ2) is 6.29. The van der Waals surface area contributed by atoms with Crippen LogP contribution < -0.4 is 8.92 Å². The second-order valence-electron chi connectivity index (χ2n) is 2.80. The summed E-state index contributed by atoms with van der Waals surface area (Å²) < 4.78 is 4.45. The molecule has 82 valence electrons. The maximum absolute atomic E-state index is 4.22. The van der Waals surface area contributed by atoms with Crippen LogP contribution in [0.25, 0.3) is 0 Å². The fraction of sp³-hybridized carbons (Fsp3) is 0.